The van der Waals surface area contributed by atoms with Crippen molar-refractivity contribution < 1.29 is 4.79 Å². The number of nitrogens with zero attached hydrogens (tertiary/aromatic N) is 7. The Balaban J connectivity index is 1.37. The van der Waals surface area contributed by atoms with Gasteiger partial charge in [-0.3, -0.25) is 0 Å². The molecular formula is C17H13Cl2N9O. The average molecular weight is 430 g/mol. The maximum atomic E-state index is 12.5. The fraction of sp³-hybridized carbons (Fsp3) is 0.176. The Morgan fingerprint density at radius 2 is 1.83 bits per heavy atom. The van der Waals surface area contributed by atoms with Gasteiger partial charge in [-0.2, -0.15) is 15.3 Å². The first-order chi connectivity index (χ1) is 14.1. The van der Waals surface area contributed by atoms with Crippen LogP contribution in [0.4, 0.5) is 16.2 Å². The fourth-order valence-corrected chi connectivity index (χ4v) is 3.47. The number of imidazole rings is 1. The van der Waals surface area contributed by atoms with Crippen LogP contribution in [-0.2, 0) is 0 Å². The summed E-state index contributed by atoms with van der Waals surface area (Å²) in [5.74, 6) is 0.690. The first-order valence-corrected chi connectivity index (χ1v) is 9.48. The summed E-state index contributed by atoms with van der Waals surface area (Å²) in [6.07, 6.45) is 9.70. The number of nitrogens with one attached hydrogen (secondary N) is 2. The highest BCUT2D eigenvalue weighted by Gasteiger charge is 2.30. The molecule has 0 atom stereocenters. The standard InChI is InChI=1S/C17H13Cl2N9O/c18-11-5-10(6-20-15(11)28-22-3-4-23-28)25-17(29)26-12-7-24-27-13(19)8-21-16(27)14(12)9-1-2-9/h3-9H,1-2H2,(H2,25,26,29). The molecule has 29 heavy (non-hydrogen) atoms. The van der Waals surface area contributed by atoms with Gasteiger partial charge in [-0.05, 0) is 24.8 Å². The van der Waals surface area contributed by atoms with Crippen molar-refractivity contribution >= 4 is 46.3 Å². The number of aromatic nitrogens is 7. The Morgan fingerprint density at radius 3 is 2.55 bits per heavy atom. The first kappa shape index (κ1) is 17.8. The van der Waals surface area contributed by atoms with Crippen LogP contribution in [-0.4, -0.2) is 40.6 Å². The average Bonchev–Trinajstić information content (AvgIpc) is 3.24. The number of amides is 2. The Labute approximate surface area is 173 Å². The quantitative estimate of drug-likeness (QED) is 0.512. The summed E-state index contributed by atoms with van der Waals surface area (Å²) in [5.41, 5.74) is 2.60. The van der Waals surface area contributed by atoms with E-state index in [4.69, 9.17) is 23.2 Å². The molecule has 1 aliphatic rings. The van der Waals surface area contributed by atoms with Crippen molar-refractivity contribution in [2.45, 2.75) is 18.8 Å². The van der Waals surface area contributed by atoms with E-state index in [1.165, 1.54) is 23.4 Å². The highest BCUT2D eigenvalue weighted by Crippen LogP contribution is 2.45. The second kappa shape index (κ2) is 6.98. The van der Waals surface area contributed by atoms with E-state index < -0.39 is 6.03 Å². The van der Waals surface area contributed by atoms with Crippen LogP contribution in [0.3, 0.4) is 0 Å². The molecule has 0 bridgehead atoms. The molecule has 0 aliphatic heterocycles. The Hall–Kier alpha value is -3.24. The smallest absolute Gasteiger partial charge is 0.306 e. The Morgan fingerprint density at radius 1 is 1.03 bits per heavy atom. The normalized spacial score (nSPS) is 13.6. The topological polar surface area (TPSA) is 115 Å². The minimum absolute atomic E-state index is 0.299. The lowest BCUT2D eigenvalue weighted by Crippen LogP contribution is -2.21. The monoisotopic (exact) mass is 429 g/mol. The maximum absolute atomic E-state index is 12.5. The van der Waals surface area contributed by atoms with E-state index >= 15 is 0 Å². The lowest BCUT2D eigenvalue weighted by atomic mass is 10.1. The molecule has 2 amide bonds. The second-order valence-electron chi connectivity index (χ2n) is 6.49. The number of fused-ring (bicyclic) bond motifs is 1. The number of pyridine rings is 1. The third-order valence-corrected chi connectivity index (χ3v) is 4.99. The molecule has 4 aromatic rings. The van der Waals surface area contributed by atoms with Crippen molar-refractivity contribution in [1.82, 2.24) is 34.6 Å². The first-order valence-electron chi connectivity index (χ1n) is 8.72. The predicted molar refractivity (Wildman–Crippen MR) is 107 cm³/mol. The van der Waals surface area contributed by atoms with Crippen molar-refractivity contribution in [3.63, 3.8) is 0 Å². The number of carbonyl (C=O) groups is 1. The summed E-state index contributed by atoms with van der Waals surface area (Å²) >= 11 is 12.3. The lowest BCUT2D eigenvalue weighted by Gasteiger charge is -2.12. The summed E-state index contributed by atoms with van der Waals surface area (Å²) in [7, 11) is 0. The molecule has 2 N–H and O–H groups in total. The number of halogens is 2. The SMILES string of the molecule is O=C(Nc1cnc(-n2nccn2)c(Cl)c1)Nc1cnn2c(Cl)cnc2c1C1CC1. The second-order valence-corrected chi connectivity index (χ2v) is 7.28. The molecule has 0 spiro atoms. The number of urea groups is 1. The van der Waals surface area contributed by atoms with Crippen LogP contribution in [0.15, 0.2) is 37.1 Å². The van der Waals surface area contributed by atoms with Gasteiger partial charge in [-0.25, -0.2) is 19.3 Å². The third-order valence-electron chi connectivity index (χ3n) is 4.45. The van der Waals surface area contributed by atoms with Crippen molar-refractivity contribution in [1.29, 1.82) is 0 Å². The predicted octanol–water partition coefficient (Wildman–Crippen LogP) is 3.53. The van der Waals surface area contributed by atoms with E-state index in [-0.39, 0.29) is 0 Å². The van der Waals surface area contributed by atoms with Gasteiger partial charge >= 0.3 is 6.03 Å². The minimum Gasteiger partial charge on any atom is -0.306 e. The molecule has 0 saturated heterocycles. The van der Waals surface area contributed by atoms with Crippen molar-refractivity contribution in [3.8, 4) is 5.82 Å². The molecule has 4 aromatic heterocycles. The summed E-state index contributed by atoms with van der Waals surface area (Å²) in [5, 5.41) is 18.5. The van der Waals surface area contributed by atoms with E-state index in [2.05, 4.69) is 35.9 Å². The van der Waals surface area contributed by atoms with Crippen LogP contribution in [0.5, 0.6) is 0 Å². The summed E-state index contributed by atoms with van der Waals surface area (Å²) in [6, 6.07) is 1.13. The van der Waals surface area contributed by atoms with Gasteiger partial charge in [0.05, 0.1) is 47.4 Å². The number of carbonyl (C=O) groups excluding carboxylic acids is 1. The van der Waals surface area contributed by atoms with Crippen molar-refractivity contribution in [2.24, 2.45) is 0 Å². The number of hydrogen-bond donors (Lipinski definition) is 2. The number of rotatable bonds is 4. The zero-order valence-electron chi connectivity index (χ0n) is 14.8. The fourth-order valence-electron chi connectivity index (χ4n) is 3.05. The molecule has 10 nitrogen and oxygen atoms in total. The molecule has 0 radical (unpaired) electrons. The van der Waals surface area contributed by atoms with E-state index in [9.17, 15) is 4.79 Å². The highest BCUT2D eigenvalue weighted by molar-refractivity contribution is 6.32. The van der Waals surface area contributed by atoms with Gasteiger partial charge < -0.3 is 10.6 Å². The van der Waals surface area contributed by atoms with Crippen LogP contribution >= 0.6 is 23.2 Å². The van der Waals surface area contributed by atoms with E-state index in [0.717, 1.165) is 18.4 Å². The van der Waals surface area contributed by atoms with Gasteiger partial charge in [0, 0.05) is 5.56 Å². The van der Waals surface area contributed by atoms with Gasteiger partial charge in [0.2, 0.25) is 0 Å². The molecule has 0 aromatic carbocycles. The zero-order valence-corrected chi connectivity index (χ0v) is 16.3. The molecule has 5 rings (SSSR count). The van der Waals surface area contributed by atoms with E-state index in [1.54, 1.807) is 23.0 Å². The molecule has 1 saturated carbocycles. The van der Waals surface area contributed by atoms with Crippen molar-refractivity contribution in [3.05, 3.63) is 52.8 Å². The summed E-state index contributed by atoms with van der Waals surface area (Å²) < 4.78 is 1.56. The lowest BCUT2D eigenvalue weighted by molar-refractivity contribution is 0.262. The maximum Gasteiger partial charge on any atom is 0.323 e. The number of hydrogen-bond acceptors (Lipinski definition) is 6. The van der Waals surface area contributed by atoms with Crippen LogP contribution in [0.25, 0.3) is 11.5 Å². The van der Waals surface area contributed by atoms with Crippen LogP contribution < -0.4 is 10.6 Å². The molecular weight excluding hydrogens is 417 g/mol. The van der Waals surface area contributed by atoms with Gasteiger partial charge in [-0.15, -0.1) is 4.80 Å². The molecule has 0 unspecified atom stereocenters. The van der Waals surface area contributed by atoms with Gasteiger partial charge in [0.25, 0.3) is 0 Å². The largest absolute Gasteiger partial charge is 0.323 e. The summed E-state index contributed by atoms with van der Waals surface area (Å²) in [6.45, 7) is 0. The van der Waals surface area contributed by atoms with E-state index in [1.807, 2.05) is 0 Å². The van der Waals surface area contributed by atoms with Crippen LogP contribution in [0.1, 0.15) is 24.3 Å². The van der Waals surface area contributed by atoms with Crippen LogP contribution in [0.2, 0.25) is 10.2 Å². The Bertz CT molecular complexity index is 1220. The molecule has 12 heteroatoms. The highest BCUT2D eigenvalue weighted by atomic mass is 35.5. The Kier molecular flexibility index (Phi) is 4.29. The van der Waals surface area contributed by atoms with Crippen molar-refractivity contribution in [2.75, 3.05) is 10.6 Å². The molecule has 146 valence electrons. The molecule has 1 fully saturated rings. The van der Waals surface area contributed by atoms with Gasteiger partial charge in [0.1, 0.15) is 0 Å². The minimum atomic E-state index is -0.446. The molecule has 4 heterocycles. The van der Waals surface area contributed by atoms with E-state index in [0.29, 0.717) is 38.9 Å². The van der Waals surface area contributed by atoms with Gasteiger partial charge in [0.15, 0.2) is 16.6 Å². The van der Waals surface area contributed by atoms with Crippen LogP contribution in [0, 0.1) is 0 Å². The summed E-state index contributed by atoms with van der Waals surface area (Å²) in [4.78, 5) is 22.4. The van der Waals surface area contributed by atoms with Gasteiger partial charge in [-0.1, -0.05) is 23.2 Å². The third kappa shape index (κ3) is 3.36. The zero-order chi connectivity index (χ0) is 20.0. The number of anilines is 2. The molecule has 1 aliphatic carbocycles.